The van der Waals surface area contributed by atoms with E-state index in [-0.39, 0.29) is 23.7 Å². The first-order valence-corrected chi connectivity index (χ1v) is 10.2. The third-order valence-electron chi connectivity index (χ3n) is 4.11. The molecular weight excluding hydrogens is 414 g/mol. The van der Waals surface area contributed by atoms with Crippen LogP contribution in [0.1, 0.15) is 24.8 Å². The summed E-state index contributed by atoms with van der Waals surface area (Å²) in [5.41, 5.74) is 4.01. The van der Waals surface area contributed by atoms with Crippen molar-refractivity contribution in [3.05, 3.63) is 59.1 Å². The summed E-state index contributed by atoms with van der Waals surface area (Å²) in [6.07, 6.45) is 0. The van der Waals surface area contributed by atoms with Crippen LogP contribution in [0.4, 0.5) is 5.69 Å². The molecule has 9 heteroatoms. The van der Waals surface area contributed by atoms with Gasteiger partial charge in [-0.15, -0.1) is 11.8 Å². The zero-order valence-corrected chi connectivity index (χ0v) is 17.4. The zero-order chi connectivity index (χ0) is 21.0. The Morgan fingerprint density at radius 1 is 1.17 bits per heavy atom. The van der Waals surface area contributed by atoms with E-state index in [9.17, 15) is 14.4 Å². The van der Waals surface area contributed by atoms with Gasteiger partial charge in [-0.25, -0.2) is 5.01 Å². The molecule has 7 nitrogen and oxygen atoms in total. The van der Waals surface area contributed by atoms with Gasteiger partial charge in [0.05, 0.1) is 5.25 Å². The molecule has 1 aliphatic heterocycles. The van der Waals surface area contributed by atoms with Crippen molar-refractivity contribution < 1.29 is 19.1 Å². The minimum atomic E-state index is -0.462. The van der Waals surface area contributed by atoms with Gasteiger partial charge in [-0.3, -0.25) is 19.8 Å². The van der Waals surface area contributed by atoms with Gasteiger partial charge >= 0.3 is 0 Å². The molecule has 3 rings (SSSR count). The lowest BCUT2D eigenvalue weighted by Gasteiger charge is -2.25. The Morgan fingerprint density at radius 2 is 1.86 bits per heavy atom. The summed E-state index contributed by atoms with van der Waals surface area (Å²) in [6.45, 7) is 2.94. The molecule has 0 saturated carbocycles. The van der Waals surface area contributed by atoms with E-state index >= 15 is 0 Å². The van der Waals surface area contributed by atoms with Crippen LogP contribution >= 0.6 is 23.4 Å². The molecule has 1 fully saturated rings. The lowest BCUT2D eigenvalue weighted by atomic mass is 10.2. The lowest BCUT2D eigenvalue weighted by molar-refractivity contribution is -0.141. The Morgan fingerprint density at radius 3 is 2.52 bits per heavy atom. The second-order valence-electron chi connectivity index (χ2n) is 6.39. The molecule has 29 heavy (non-hydrogen) atoms. The van der Waals surface area contributed by atoms with E-state index in [0.717, 1.165) is 5.56 Å². The summed E-state index contributed by atoms with van der Waals surface area (Å²) in [5.74, 6) is -0.370. The van der Waals surface area contributed by atoms with Gasteiger partial charge in [0.15, 0.2) is 6.61 Å². The van der Waals surface area contributed by atoms with Crippen LogP contribution in [0.5, 0.6) is 5.75 Å². The van der Waals surface area contributed by atoms with Gasteiger partial charge in [-0.05, 0) is 37.3 Å². The first-order valence-electron chi connectivity index (χ1n) is 8.88. The van der Waals surface area contributed by atoms with Crippen molar-refractivity contribution in [1.82, 2.24) is 10.4 Å². The van der Waals surface area contributed by atoms with Gasteiger partial charge < -0.3 is 10.1 Å². The van der Waals surface area contributed by atoms with E-state index < -0.39 is 11.3 Å². The molecule has 0 bridgehead atoms. The van der Waals surface area contributed by atoms with Gasteiger partial charge in [0, 0.05) is 23.2 Å². The number of carbonyl (C=O) groups is 3. The summed E-state index contributed by atoms with van der Waals surface area (Å²) < 4.78 is 5.47. The average molecular weight is 434 g/mol. The first-order chi connectivity index (χ1) is 13.8. The molecule has 0 radical (unpaired) electrons. The molecule has 0 aliphatic carbocycles. The smallest absolute Gasteiger partial charge is 0.276 e. The van der Waals surface area contributed by atoms with E-state index in [1.54, 1.807) is 37.3 Å². The molecule has 2 unspecified atom stereocenters. The van der Waals surface area contributed by atoms with Crippen LogP contribution in [0.3, 0.4) is 0 Å². The Hall–Kier alpha value is -2.71. The Bertz CT molecular complexity index is 922. The number of nitrogens with one attached hydrogen (secondary N) is 2. The van der Waals surface area contributed by atoms with E-state index in [1.807, 2.05) is 18.2 Å². The minimum Gasteiger partial charge on any atom is -0.484 e. The number of thioether (sulfide) groups is 1. The van der Waals surface area contributed by atoms with Gasteiger partial charge in [0.1, 0.15) is 11.1 Å². The fourth-order valence-electron chi connectivity index (χ4n) is 2.78. The van der Waals surface area contributed by atoms with Crippen LogP contribution in [0, 0.1) is 0 Å². The highest BCUT2D eigenvalue weighted by atomic mass is 35.5. The van der Waals surface area contributed by atoms with Crippen LogP contribution < -0.4 is 15.5 Å². The van der Waals surface area contributed by atoms with Crippen molar-refractivity contribution >= 4 is 46.8 Å². The molecule has 2 aromatic carbocycles. The van der Waals surface area contributed by atoms with Crippen molar-refractivity contribution in [3.8, 4) is 5.75 Å². The minimum absolute atomic E-state index is 0.173. The van der Waals surface area contributed by atoms with Crippen LogP contribution in [-0.4, -0.2) is 34.6 Å². The van der Waals surface area contributed by atoms with E-state index in [1.165, 1.54) is 23.7 Å². The summed E-state index contributed by atoms with van der Waals surface area (Å²) in [5, 5.41) is 3.77. The Kier molecular flexibility index (Phi) is 6.66. The highest BCUT2D eigenvalue weighted by Crippen LogP contribution is 2.43. The average Bonchev–Trinajstić information content (AvgIpc) is 2.95. The maximum absolute atomic E-state index is 12.5. The van der Waals surface area contributed by atoms with Crippen LogP contribution in [0.2, 0.25) is 5.02 Å². The fraction of sp³-hybridized carbons (Fsp3) is 0.250. The number of ether oxygens (including phenoxy) is 1. The fourth-order valence-corrected chi connectivity index (χ4v) is 4.33. The standard InChI is InChI=1S/C20H20ClN3O4S/c1-12-19(27)24(20(29-12)16-5-3-4-6-17(16)21)23-18(26)11-28-15-9-7-14(8-10-15)22-13(2)25/h3-10,12,20H,11H2,1-2H3,(H,22,25)(H,23,26). The number of halogens is 1. The van der Waals surface area contributed by atoms with E-state index in [0.29, 0.717) is 16.5 Å². The predicted molar refractivity (Wildman–Crippen MR) is 112 cm³/mol. The molecule has 0 spiro atoms. The van der Waals surface area contributed by atoms with Gasteiger partial charge in [-0.1, -0.05) is 29.8 Å². The number of carbonyl (C=O) groups excluding carboxylic acids is 3. The number of rotatable bonds is 6. The highest BCUT2D eigenvalue weighted by molar-refractivity contribution is 8.01. The van der Waals surface area contributed by atoms with Gasteiger partial charge in [-0.2, -0.15) is 0 Å². The Labute approximate surface area is 177 Å². The molecule has 1 heterocycles. The highest BCUT2D eigenvalue weighted by Gasteiger charge is 2.40. The second kappa shape index (κ2) is 9.19. The summed E-state index contributed by atoms with van der Waals surface area (Å²) in [6, 6.07) is 13.9. The summed E-state index contributed by atoms with van der Waals surface area (Å²) in [7, 11) is 0. The zero-order valence-electron chi connectivity index (χ0n) is 15.8. The third-order valence-corrected chi connectivity index (χ3v) is 5.79. The van der Waals surface area contributed by atoms with E-state index in [4.69, 9.17) is 16.3 Å². The number of hydrazine groups is 1. The monoisotopic (exact) mass is 433 g/mol. The van der Waals surface area contributed by atoms with Gasteiger partial charge in [0.25, 0.3) is 11.8 Å². The number of amides is 3. The van der Waals surface area contributed by atoms with Crippen molar-refractivity contribution in [3.63, 3.8) is 0 Å². The van der Waals surface area contributed by atoms with Crippen molar-refractivity contribution in [1.29, 1.82) is 0 Å². The molecule has 2 atom stereocenters. The molecule has 1 aliphatic rings. The second-order valence-corrected chi connectivity index (χ2v) is 8.22. The predicted octanol–water partition coefficient (Wildman–Crippen LogP) is 3.37. The largest absolute Gasteiger partial charge is 0.484 e. The lowest BCUT2D eigenvalue weighted by Crippen LogP contribution is -2.47. The molecule has 152 valence electrons. The first kappa shape index (κ1) is 21.0. The van der Waals surface area contributed by atoms with Crippen LogP contribution in [0.25, 0.3) is 0 Å². The number of benzene rings is 2. The summed E-state index contributed by atoms with van der Waals surface area (Å²) in [4.78, 5) is 35.9. The number of nitrogens with zero attached hydrogens (tertiary/aromatic N) is 1. The molecular formula is C20H20ClN3O4S. The third kappa shape index (κ3) is 5.21. The topological polar surface area (TPSA) is 87.7 Å². The Balaban J connectivity index is 1.62. The maximum atomic E-state index is 12.5. The molecule has 3 amide bonds. The van der Waals surface area contributed by atoms with Crippen LogP contribution in [-0.2, 0) is 14.4 Å². The summed E-state index contributed by atoms with van der Waals surface area (Å²) >= 11 is 7.69. The molecule has 0 aromatic heterocycles. The van der Waals surface area contributed by atoms with Crippen molar-refractivity contribution in [2.24, 2.45) is 0 Å². The SMILES string of the molecule is CC(=O)Nc1ccc(OCC(=O)NN2C(=O)C(C)SC2c2ccccc2Cl)cc1. The number of hydrogen-bond donors (Lipinski definition) is 2. The number of hydrogen-bond acceptors (Lipinski definition) is 5. The quantitative estimate of drug-likeness (QED) is 0.729. The van der Waals surface area contributed by atoms with Gasteiger partial charge in [0.2, 0.25) is 5.91 Å². The molecule has 1 saturated heterocycles. The normalized spacial score (nSPS) is 18.4. The van der Waals surface area contributed by atoms with Crippen molar-refractivity contribution in [2.45, 2.75) is 24.5 Å². The van der Waals surface area contributed by atoms with E-state index in [2.05, 4.69) is 10.7 Å². The maximum Gasteiger partial charge on any atom is 0.276 e. The van der Waals surface area contributed by atoms with Crippen molar-refractivity contribution in [2.75, 3.05) is 11.9 Å². The number of anilines is 1. The van der Waals surface area contributed by atoms with Crippen LogP contribution in [0.15, 0.2) is 48.5 Å². The molecule has 2 aromatic rings. The molecule has 2 N–H and O–H groups in total.